The van der Waals surface area contributed by atoms with Crippen molar-refractivity contribution in [1.82, 2.24) is 30.4 Å². The van der Waals surface area contributed by atoms with Crippen LogP contribution < -0.4 is 15.4 Å². The maximum absolute atomic E-state index is 13.2. The lowest BCUT2D eigenvalue weighted by molar-refractivity contribution is 0.457. The lowest BCUT2D eigenvalue weighted by Crippen LogP contribution is -2.37. The van der Waals surface area contributed by atoms with Crippen LogP contribution in [0.4, 0.5) is 4.39 Å². The molecule has 0 aliphatic rings. The van der Waals surface area contributed by atoms with Gasteiger partial charge in [-0.1, -0.05) is 12.1 Å². The monoisotopic (exact) mass is 383 g/mol. The normalized spacial score (nSPS) is 11.3. The first-order valence-corrected chi connectivity index (χ1v) is 8.87. The molecule has 146 valence electrons. The number of rotatable bonds is 7. The Kier molecular flexibility index (Phi) is 6.50. The van der Waals surface area contributed by atoms with E-state index in [1.165, 1.54) is 18.5 Å². The van der Waals surface area contributed by atoms with Crippen LogP contribution in [0.5, 0.6) is 11.6 Å². The summed E-state index contributed by atoms with van der Waals surface area (Å²) in [7, 11) is 1.84. The molecular formula is C19H22FN7O. The lowest BCUT2D eigenvalue weighted by Gasteiger charge is -2.11. The van der Waals surface area contributed by atoms with Crippen LogP contribution in [0.1, 0.15) is 18.3 Å². The van der Waals surface area contributed by atoms with Gasteiger partial charge in [0.25, 0.3) is 0 Å². The average Bonchev–Trinajstić information content (AvgIpc) is 3.10. The Morgan fingerprint density at radius 1 is 1.21 bits per heavy atom. The van der Waals surface area contributed by atoms with E-state index in [4.69, 9.17) is 4.74 Å². The number of aryl methyl sites for hydroxylation is 1. The van der Waals surface area contributed by atoms with Gasteiger partial charge in [0.05, 0.1) is 13.1 Å². The minimum Gasteiger partial charge on any atom is -0.439 e. The molecule has 0 amide bonds. The van der Waals surface area contributed by atoms with E-state index in [0.29, 0.717) is 30.7 Å². The van der Waals surface area contributed by atoms with Crippen molar-refractivity contribution in [3.05, 3.63) is 66.1 Å². The Labute approximate surface area is 162 Å². The van der Waals surface area contributed by atoms with Gasteiger partial charge in [-0.05, 0) is 24.6 Å². The fourth-order valence-electron chi connectivity index (χ4n) is 2.37. The van der Waals surface area contributed by atoms with Crippen molar-refractivity contribution in [3.8, 4) is 11.6 Å². The van der Waals surface area contributed by atoms with E-state index in [-0.39, 0.29) is 5.82 Å². The second kappa shape index (κ2) is 9.45. The number of aromatic nitrogens is 4. The van der Waals surface area contributed by atoms with E-state index in [2.05, 4.69) is 30.7 Å². The average molecular weight is 383 g/mol. The maximum atomic E-state index is 13.2. The molecule has 2 heterocycles. The molecule has 8 nitrogen and oxygen atoms in total. The number of nitrogens with one attached hydrogen (secondary N) is 2. The molecule has 2 N–H and O–H groups in total. The Hall–Kier alpha value is -3.49. The van der Waals surface area contributed by atoms with Crippen molar-refractivity contribution in [1.29, 1.82) is 0 Å². The summed E-state index contributed by atoms with van der Waals surface area (Å²) < 4.78 is 20.5. The standard InChI is InChI=1S/C19H22FN7O/c1-3-21-19(24-12-17-25-13-26-27(17)2)23-11-14-7-8-18(22-10-14)28-16-6-4-5-15(20)9-16/h4-10,13H,3,11-12H2,1-2H3,(H2,21,23,24). The Balaban J connectivity index is 1.58. The van der Waals surface area contributed by atoms with Crippen LogP contribution in [-0.4, -0.2) is 32.3 Å². The first-order valence-electron chi connectivity index (χ1n) is 8.87. The van der Waals surface area contributed by atoms with Gasteiger partial charge in [-0.3, -0.25) is 4.68 Å². The van der Waals surface area contributed by atoms with Crippen LogP contribution in [-0.2, 0) is 20.1 Å². The number of hydrogen-bond acceptors (Lipinski definition) is 5. The number of benzene rings is 1. The third-order valence-corrected chi connectivity index (χ3v) is 3.80. The largest absolute Gasteiger partial charge is 0.439 e. The summed E-state index contributed by atoms with van der Waals surface area (Å²) >= 11 is 0. The first kappa shape index (κ1) is 19.3. The number of halogens is 1. The predicted molar refractivity (Wildman–Crippen MR) is 103 cm³/mol. The molecule has 9 heteroatoms. The highest BCUT2D eigenvalue weighted by Crippen LogP contribution is 2.20. The maximum Gasteiger partial charge on any atom is 0.219 e. The van der Waals surface area contributed by atoms with Crippen LogP contribution in [0, 0.1) is 5.82 Å². The minimum absolute atomic E-state index is 0.353. The lowest BCUT2D eigenvalue weighted by atomic mass is 10.3. The van der Waals surface area contributed by atoms with Crippen LogP contribution >= 0.6 is 0 Å². The Morgan fingerprint density at radius 2 is 2.11 bits per heavy atom. The number of hydrogen-bond donors (Lipinski definition) is 2. The van der Waals surface area contributed by atoms with E-state index in [1.807, 2.05) is 20.0 Å². The molecule has 28 heavy (non-hydrogen) atoms. The van der Waals surface area contributed by atoms with Crippen molar-refractivity contribution < 1.29 is 9.13 Å². The fourth-order valence-corrected chi connectivity index (χ4v) is 2.37. The molecule has 0 atom stereocenters. The minimum atomic E-state index is -0.353. The highest BCUT2D eigenvalue weighted by atomic mass is 19.1. The summed E-state index contributed by atoms with van der Waals surface area (Å²) in [5.74, 6) is 1.93. The molecule has 0 aliphatic carbocycles. The summed E-state index contributed by atoms with van der Waals surface area (Å²) in [5.41, 5.74) is 0.919. The molecule has 0 saturated heterocycles. The summed E-state index contributed by atoms with van der Waals surface area (Å²) in [6, 6.07) is 9.54. The molecule has 1 aromatic carbocycles. The molecule has 0 fully saturated rings. The van der Waals surface area contributed by atoms with E-state index >= 15 is 0 Å². The van der Waals surface area contributed by atoms with Gasteiger partial charge in [-0.25, -0.2) is 19.4 Å². The molecule has 0 radical (unpaired) electrons. The smallest absolute Gasteiger partial charge is 0.219 e. The molecule has 2 aromatic heterocycles. The van der Waals surface area contributed by atoms with Gasteiger partial charge >= 0.3 is 0 Å². The molecule has 0 saturated carbocycles. The van der Waals surface area contributed by atoms with E-state index in [1.54, 1.807) is 29.1 Å². The molecule has 0 unspecified atom stereocenters. The summed E-state index contributed by atoms with van der Waals surface area (Å²) in [5, 5.41) is 10.4. The molecule has 0 bridgehead atoms. The Morgan fingerprint density at radius 3 is 2.79 bits per heavy atom. The Bertz CT molecular complexity index is 924. The number of aliphatic imine (C=N–C) groups is 1. The summed E-state index contributed by atoms with van der Waals surface area (Å²) in [4.78, 5) is 13.0. The van der Waals surface area contributed by atoms with Crippen LogP contribution in [0.2, 0.25) is 0 Å². The van der Waals surface area contributed by atoms with Crippen molar-refractivity contribution >= 4 is 5.96 Å². The quantitative estimate of drug-likeness (QED) is 0.481. The highest BCUT2D eigenvalue weighted by molar-refractivity contribution is 5.79. The van der Waals surface area contributed by atoms with Crippen molar-refractivity contribution in [2.24, 2.45) is 12.0 Å². The van der Waals surface area contributed by atoms with Crippen LogP contribution in [0.3, 0.4) is 0 Å². The van der Waals surface area contributed by atoms with Crippen molar-refractivity contribution in [3.63, 3.8) is 0 Å². The van der Waals surface area contributed by atoms with Gasteiger partial charge < -0.3 is 15.4 Å². The van der Waals surface area contributed by atoms with Gasteiger partial charge in [-0.2, -0.15) is 5.10 Å². The second-order valence-electron chi connectivity index (χ2n) is 5.91. The molecule has 0 aliphatic heterocycles. The fraction of sp³-hybridized carbons (Fsp3) is 0.263. The predicted octanol–water partition coefficient (Wildman–Crippen LogP) is 2.40. The van der Waals surface area contributed by atoms with Crippen LogP contribution in [0.25, 0.3) is 0 Å². The zero-order valence-corrected chi connectivity index (χ0v) is 15.8. The third kappa shape index (κ3) is 5.50. The van der Waals surface area contributed by atoms with Gasteiger partial charge in [0.1, 0.15) is 23.7 Å². The first-order chi connectivity index (χ1) is 13.6. The van der Waals surface area contributed by atoms with Gasteiger partial charge in [0, 0.05) is 31.9 Å². The van der Waals surface area contributed by atoms with Crippen molar-refractivity contribution in [2.45, 2.75) is 20.0 Å². The van der Waals surface area contributed by atoms with E-state index in [9.17, 15) is 4.39 Å². The molecular weight excluding hydrogens is 361 g/mol. The number of ether oxygens (including phenoxy) is 1. The zero-order chi connectivity index (χ0) is 19.8. The number of nitrogens with zero attached hydrogens (tertiary/aromatic N) is 5. The van der Waals surface area contributed by atoms with Gasteiger partial charge in [0.2, 0.25) is 5.88 Å². The summed E-state index contributed by atoms with van der Waals surface area (Å²) in [6.45, 7) is 3.70. The SMILES string of the molecule is CCNC(=NCc1ccc(Oc2cccc(F)c2)nc1)NCc1ncnn1C. The van der Waals surface area contributed by atoms with E-state index in [0.717, 1.165) is 17.9 Å². The second-order valence-corrected chi connectivity index (χ2v) is 5.91. The van der Waals surface area contributed by atoms with Gasteiger partial charge in [0.15, 0.2) is 5.96 Å². The number of pyridine rings is 1. The topological polar surface area (TPSA) is 89.2 Å². The summed E-state index contributed by atoms with van der Waals surface area (Å²) in [6.07, 6.45) is 3.20. The third-order valence-electron chi connectivity index (χ3n) is 3.80. The van der Waals surface area contributed by atoms with E-state index < -0.39 is 0 Å². The molecule has 0 spiro atoms. The highest BCUT2D eigenvalue weighted by Gasteiger charge is 2.04. The van der Waals surface area contributed by atoms with Crippen LogP contribution in [0.15, 0.2) is 53.9 Å². The molecule has 3 rings (SSSR count). The zero-order valence-electron chi connectivity index (χ0n) is 15.8. The molecule has 3 aromatic rings. The number of guanidine groups is 1. The van der Waals surface area contributed by atoms with Gasteiger partial charge in [-0.15, -0.1) is 0 Å². The van der Waals surface area contributed by atoms with Crippen molar-refractivity contribution in [2.75, 3.05) is 6.54 Å².